The lowest BCUT2D eigenvalue weighted by atomic mass is 10.1. The van der Waals surface area contributed by atoms with Gasteiger partial charge in [-0.2, -0.15) is 15.0 Å². The van der Waals surface area contributed by atoms with E-state index in [2.05, 4.69) is 27.2 Å². The van der Waals surface area contributed by atoms with Crippen molar-refractivity contribution in [1.82, 2.24) is 15.0 Å². The molecule has 1 heterocycles. The Hall–Kier alpha value is -3.68. The van der Waals surface area contributed by atoms with Crippen molar-refractivity contribution in [2.24, 2.45) is 0 Å². The van der Waals surface area contributed by atoms with Gasteiger partial charge in [-0.3, -0.25) is 4.79 Å². The summed E-state index contributed by atoms with van der Waals surface area (Å²) in [6, 6.07) is 15.1. The first-order valence-corrected chi connectivity index (χ1v) is 9.21. The third-order valence-corrected chi connectivity index (χ3v) is 4.21. The molecule has 3 rings (SSSR count). The van der Waals surface area contributed by atoms with Crippen LogP contribution in [0.2, 0.25) is 0 Å². The number of ether oxygens (including phenoxy) is 2. The molecule has 0 aliphatic rings. The van der Waals surface area contributed by atoms with E-state index in [9.17, 15) is 4.79 Å². The van der Waals surface area contributed by atoms with E-state index in [-0.39, 0.29) is 30.8 Å². The number of hydrogen-bond donors (Lipinski definition) is 2. The van der Waals surface area contributed by atoms with Gasteiger partial charge in [-0.15, -0.1) is 0 Å². The number of anilines is 3. The van der Waals surface area contributed by atoms with Gasteiger partial charge in [-0.1, -0.05) is 37.3 Å². The van der Waals surface area contributed by atoms with Crippen LogP contribution in [0.25, 0.3) is 0 Å². The average Bonchev–Trinajstić information content (AvgIpc) is 2.73. The Morgan fingerprint density at radius 2 is 1.83 bits per heavy atom. The fraction of sp³-hybridized carbons (Fsp3) is 0.238. The smallest absolute Gasteiger partial charge is 0.310 e. The molecule has 0 amide bonds. The largest absolute Gasteiger partial charge is 0.497 e. The molecule has 0 saturated carbocycles. The first kappa shape index (κ1) is 20.1. The molecule has 29 heavy (non-hydrogen) atoms. The molecule has 1 aromatic heterocycles. The van der Waals surface area contributed by atoms with Gasteiger partial charge in [0.1, 0.15) is 5.75 Å². The summed E-state index contributed by atoms with van der Waals surface area (Å²) < 4.78 is 10.4. The summed E-state index contributed by atoms with van der Waals surface area (Å²) >= 11 is 0. The van der Waals surface area contributed by atoms with E-state index >= 15 is 0 Å². The van der Waals surface area contributed by atoms with Gasteiger partial charge in [-0.05, 0) is 35.7 Å². The van der Waals surface area contributed by atoms with E-state index < -0.39 is 0 Å². The number of nitrogens with two attached hydrogens (primary N) is 1. The summed E-state index contributed by atoms with van der Waals surface area (Å²) in [6.45, 7) is 1.97. The van der Waals surface area contributed by atoms with Crippen LogP contribution in [-0.4, -0.2) is 28.0 Å². The number of methoxy groups -OCH3 is 1. The lowest BCUT2D eigenvalue weighted by Crippen LogP contribution is -2.12. The fourth-order valence-electron chi connectivity index (χ4n) is 2.74. The van der Waals surface area contributed by atoms with Crippen molar-refractivity contribution in [2.75, 3.05) is 18.2 Å². The Morgan fingerprint density at radius 1 is 1.07 bits per heavy atom. The second-order valence-corrected chi connectivity index (χ2v) is 6.25. The van der Waals surface area contributed by atoms with Crippen LogP contribution < -0.4 is 15.8 Å². The van der Waals surface area contributed by atoms with Crippen LogP contribution in [0, 0.1) is 0 Å². The van der Waals surface area contributed by atoms with Crippen molar-refractivity contribution in [2.45, 2.75) is 26.4 Å². The van der Waals surface area contributed by atoms with Crippen molar-refractivity contribution in [3.05, 3.63) is 65.5 Å². The molecule has 8 heteroatoms. The van der Waals surface area contributed by atoms with Gasteiger partial charge in [0.15, 0.2) is 12.4 Å². The van der Waals surface area contributed by atoms with E-state index in [0.29, 0.717) is 5.95 Å². The van der Waals surface area contributed by atoms with Gasteiger partial charge in [0, 0.05) is 5.69 Å². The third-order valence-electron chi connectivity index (χ3n) is 4.21. The van der Waals surface area contributed by atoms with E-state index in [0.717, 1.165) is 29.0 Å². The lowest BCUT2D eigenvalue weighted by molar-refractivity contribution is -0.144. The first-order valence-electron chi connectivity index (χ1n) is 9.21. The molecule has 2 aromatic carbocycles. The molecule has 0 atom stereocenters. The predicted molar refractivity (Wildman–Crippen MR) is 110 cm³/mol. The molecule has 150 valence electrons. The van der Waals surface area contributed by atoms with Gasteiger partial charge in [-0.25, -0.2) is 0 Å². The normalized spacial score (nSPS) is 10.4. The van der Waals surface area contributed by atoms with Crippen LogP contribution in [0.5, 0.6) is 5.75 Å². The lowest BCUT2D eigenvalue weighted by Gasteiger charge is -2.11. The van der Waals surface area contributed by atoms with Crippen molar-refractivity contribution < 1.29 is 14.3 Å². The second-order valence-electron chi connectivity index (χ2n) is 6.25. The molecule has 8 nitrogen and oxygen atoms in total. The minimum atomic E-state index is -0.389. The van der Waals surface area contributed by atoms with E-state index in [1.54, 1.807) is 19.2 Å². The molecule has 3 N–H and O–H groups in total. The minimum absolute atomic E-state index is 0.0534. The second kappa shape index (κ2) is 9.50. The molecular weight excluding hydrogens is 370 g/mol. The Labute approximate surface area is 169 Å². The van der Waals surface area contributed by atoms with Crippen molar-refractivity contribution >= 4 is 23.6 Å². The Bertz CT molecular complexity index is 976. The number of esters is 1. The molecule has 0 unspecified atom stereocenters. The summed E-state index contributed by atoms with van der Waals surface area (Å²) in [7, 11) is 1.59. The topological polar surface area (TPSA) is 112 Å². The highest BCUT2D eigenvalue weighted by Crippen LogP contribution is 2.19. The maximum atomic E-state index is 12.1. The van der Waals surface area contributed by atoms with Crippen LogP contribution in [0.3, 0.4) is 0 Å². The summed E-state index contributed by atoms with van der Waals surface area (Å²) in [5.74, 6) is 0.974. The van der Waals surface area contributed by atoms with Crippen molar-refractivity contribution in [1.29, 1.82) is 0 Å². The maximum Gasteiger partial charge on any atom is 0.310 e. The number of benzene rings is 2. The Kier molecular flexibility index (Phi) is 6.57. The molecular formula is C21H23N5O3. The number of para-hydroxylation sites is 1. The number of hydrogen-bond acceptors (Lipinski definition) is 8. The zero-order valence-electron chi connectivity index (χ0n) is 16.4. The number of nitrogens with zero attached hydrogens (tertiary/aromatic N) is 3. The quantitative estimate of drug-likeness (QED) is 0.562. The van der Waals surface area contributed by atoms with E-state index in [1.165, 1.54) is 0 Å². The number of nitrogens with one attached hydrogen (secondary N) is 1. The minimum Gasteiger partial charge on any atom is -0.497 e. The van der Waals surface area contributed by atoms with Crippen LogP contribution in [-0.2, 0) is 29.0 Å². The highest BCUT2D eigenvalue weighted by Gasteiger charge is 2.10. The molecule has 0 fully saturated rings. The highest BCUT2D eigenvalue weighted by molar-refractivity contribution is 5.72. The van der Waals surface area contributed by atoms with Crippen LogP contribution in [0.1, 0.15) is 23.9 Å². The molecule has 0 radical (unpaired) electrons. The fourth-order valence-corrected chi connectivity index (χ4v) is 2.74. The summed E-state index contributed by atoms with van der Waals surface area (Å²) in [5.41, 5.74) is 8.63. The van der Waals surface area contributed by atoms with Crippen molar-refractivity contribution in [3.8, 4) is 5.75 Å². The molecule has 0 aliphatic heterocycles. The van der Waals surface area contributed by atoms with Gasteiger partial charge < -0.3 is 20.5 Å². The third kappa shape index (κ3) is 5.65. The molecule has 0 spiro atoms. The number of carbonyl (C=O) groups excluding carboxylic acids is 1. The van der Waals surface area contributed by atoms with E-state index in [1.807, 2.05) is 36.4 Å². The van der Waals surface area contributed by atoms with Gasteiger partial charge >= 0.3 is 5.97 Å². The molecule has 0 saturated heterocycles. The summed E-state index contributed by atoms with van der Waals surface area (Å²) in [4.78, 5) is 24.6. The SMILES string of the molecule is CCc1ccccc1Nc1nc(N)nc(COC(=O)Cc2ccc(OC)cc2)n1. The Balaban J connectivity index is 1.62. The number of nitrogen functional groups attached to an aromatic ring is 1. The van der Waals surface area contributed by atoms with Gasteiger partial charge in [0.25, 0.3) is 0 Å². The van der Waals surface area contributed by atoms with Gasteiger partial charge in [0.05, 0.1) is 13.5 Å². The average molecular weight is 393 g/mol. The van der Waals surface area contributed by atoms with Crippen LogP contribution >= 0.6 is 0 Å². The zero-order valence-corrected chi connectivity index (χ0v) is 16.4. The summed E-state index contributed by atoms with van der Waals surface area (Å²) in [5, 5.41) is 3.15. The Morgan fingerprint density at radius 3 is 2.55 bits per heavy atom. The molecule has 0 bridgehead atoms. The zero-order chi connectivity index (χ0) is 20.6. The van der Waals surface area contributed by atoms with E-state index in [4.69, 9.17) is 15.2 Å². The van der Waals surface area contributed by atoms with Crippen LogP contribution in [0.4, 0.5) is 17.6 Å². The summed E-state index contributed by atoms with van der Waals surface area (Å²) in [6.07, 6.45) is 0.999. The maximum absolute atomic E-state index is 12.1. The predicted octanol–water partition coefficient (Wildman–Crippen LogP) is 3.05. The highest BCUT2D eigenvalue weighted by atomic mass is 16.5. The number of aromatic nitrogens is 3. The number of aryl methyl sites for hydroxylation is 1. The van der Waals surface area contributed by atoms with Crippen molar-refractivity contribution in [3.63, 3.8) is 0 Å². The first-order chi connectivity index (χ1) is 14.1. The number of rotatable bonds is 8. The van der Waals surface area contributed by atoms with Crippen LogP contribution in [0.15, 0.2) is 48.5 Å². The monoisotopic (exact) mass is 393 g/mol. The molecule has 0 aliphatic carbocycles. The number of carbonyl (C=O) groups is 1. The molecule has 3 aromatic rings. The standard InChI is InChI=1S/C21H23N5O3/c1-3-15-6-4-5-7-17(15)23-21-25-18(24-20(22)26-21)13-29-19(27)12-14-8-10-16(28-2)11-9-14/h4-11H,3,12-13H2,1-2H3,(H3,22,23,24,25,26). The van der Waals surface area contributed by atoms with Gasteiger partial charge in [0.2, 0.25) is 11.9 Å².